The third kappa shape index (κ3) is 3.90. The Morgan fingerprint density at radius 1 is 1.22 bits per heavy atom. The first-order valence-corrected chi connectivity index (χ1v) is 7.63. The van der Waals surface area contributed by atoms with E-state index < -0.39 is 7.60 Å². The van der Waals surface area contributed by atoms with E-state index in [9.17, 15) is 14.2 Å². The second-order valence-corrected chi connectivity index (χ2v) is 6.65. The summed E-state index contributed by atoms with van der Waals surface area (Å²) < 4.78 is 21.4. The van der Waals surface area contributed by atoms with Crippen molar-refractivity contribution in [2.75, 3.05) is 33.5 Å². The van der Waals surface area contributed by atoms with E-state index in [0.717, 1.165) is 0 Å². The molecule has 0 spiro atoms. The summed E-state index contributed by atoms with van der Waals surface area (Å²) in [5.74, 6) is -0.232. The zero-order valence-corrected chi connectivity index (χ0v) is 11.9. The Labute approximate surface area is 107 Å². The molecule has 0 N–H and O–H groups in total. The number of piperidine rings is 1. The van der Waals surface area contributed by atoms with Crippen molar-refractivity contribution in [1.29, 1.82) is 0 Å². The number of hydrogen-bond acceptors (Lipinski definition) is 5. The van der Waals surface area contributed by atoms with Gasteiger partial charge >= 0.3 is 7.60 Å². The van der Waals surface area contributed by atoms with Gasteiger partial charge in [0.05, 0.1) is 0 Å². The number of carbonyl (C=O) groups excluding carboxylic acids is 2. The summed E-state index contributed by atoms with van der Waals surface area (Å²) in [4.78, 5) is 24.8. The Kier molecular flexibility index (Phi) is 5.50. The minimum Gasteiger partial charge on any atom is -0.343 e. The van der Waals surface area contributed by atoms with Gasteiger partial charge in [0, 0.05) is 40.2 Å². The maximum absolute atomic E-state index is 12.0. The second-order valence-electron chi connectivity index (χ2n) is 4.38. The van der Waals surface area contributed by atoms with Gasteiger partial charge in [-0.05, 0) is 12.8 Å². The summed E-state index contributed by atoms with van der Waals surface area (Å²) in [5.41, 5.74) is 0. The molecule has 0 aromatic rings. The molecule has 1 amide bonds. The monoisotopic (exact) mass is 277 g/mol. The van der Waals surface area contributed by atoms with E-state index in [1.807, 2.05) is 0 Å². The maximum Gasteiger partial charge on any atom is 0.337 e. The van der Waals surface area contributed by atoms with Crippen molar-refractivity contribution in [1.82, 2.24) is 4.90 Å². The van der Waals surface area contributed by atoms with Crippen LogP contribution in [0.25, 0.3) is 0 Å². The van der Waals surface area contributed by atoms with Crippen LogP contribution in [0.5, 0.6) is 0 Å². The van der Waals surface area contributed by atoms with Crippen LogP contribution in [0.1, 0.15) is 19.8 Å². The fourth-order valence-corrected chi connectivity index (χ4v) is 3.09. The molecule has 0 bridgehead atoms. The third-order valence-electron chi connectivity index (χ3n) is 3.30. The smallest absolute Gasteiger partial charge is 0.337 e. The van der Waals surface area contributed by atoms with Gasteiger partial charge < -0.3 is 13.9 Å². The lowest BCUT2D eigenvalue weighted by molar-refractivity contribution is -0.132. The van der Waals surface area contributed by atoms with E-state index in [-0.39, 0.29) is 23.8 Å². The molecular weight excluding hydrogens is 257 g/mol. The summed E-state index contributed by atoms with van der Waals surface area (Å²) in [6.07, 6.45) is 1.04. The van der Waals surface area contributed by atoms with Gasteiger partial charge in [-0.25, -0.2) is 0 Å². The van der Waals surface area contributed by atoms with Gasteiger partial charge in [0.2, 0.25) is 5.91 Å². The van der Waals surface area contributed by atoms with Crippen molar-refractivity contribution in [3.05, 3.63) is 0 Å². The predicted molar refractivity (Wildman–Crippen MR) is 66.5 cm³/mol. The molecule has 0 aromatic carbocycles. The number of ketones is 1. The zero-order chi connectivity index (χ0) is 13.8. The first kappa shape index (κ1) is 15.3. The predicted octanol–water partition coefficient (Wildman–Crippen LogP) is 1.30. The molecule has 1 saturated heterocycles. The van der Waals surface area contributed by atoms with Crippen LogP contribution in [0.3, 0.4) is 0 Å². The van der Waals surface area contributed by atoms with Crippen molar-refractivity contribution in [2.24, 2.45) is 5.92 Å². The van der Waals surface area contributed by atoms with Gasteiger partial charge in [0.1, 0.15) is 11.9 Å². The normalized spacial score (nSPS) is 17.8. The lowest BCUT2D eigenvalue weighted by atomic mass is 9.93. The molecule has 1 aliphatic rings. The van der Waals surface area contributed by atoms with Crippen molar-refractivity contribution < 1.29 is 23.2 Å². The lowest BCUT2D eigenvalue weighted by Gasteiger charge is -2.30. The molecule has 0 aromatic heterocycles. The first-order chi connectivity index (χ1) is 8.41. The van der Waals surface area contributed by atoms with Crippen LogP contribution >= 0.6 is 7.60 Å². The number of Topliss-reactive ketones (excluding diaryl/α,β-unsaturated/α-hetero) is 1. The summed E-state index contributed by atoms with van der Waals surface area (Å²) in [5, 5.41) is 0. The van der Waals surface area contributed by atoms with Gasteiger partial charge in [0.25, 0.3) is 0 Å². The highest BCUT2D eigenvalue weighted by Crippen LogP contribution is 2.46. The van der Waals surface area contributed by atoms with Crippen LogP contribution in [-0.2, 0) is 23.2 Å². The summed E-state index contributed by atoms with van der Waals surface area (Å²) in [7, 11) is -0.721. The SMILES string of the molecule is COP(=O)(CC(=O)C1CCN(C(C)=O)CC1)OC. The Morgan fingerprint density at radius 3 is 2.11 bits per heavy atom. The van der Waals surface area contributed by atoms with Crippen LogP contribution in [0.2, 0.25) is 0 Å². The maximum atomic E-state index is 12.0. The van der Waals surface area contributed by atoms with Crippen LogP contribution in [0.15, 0.2) is 0 Å². The van der Waals surface area contributed by atoms with Crippen molar-refractivity contribution in [3.63, 3.8) is 0 Å². The highest BCUT2D eigenvalue weighted by atomic mass is 31.2. The van der Waals surface area contributed by atoms with E-state index in [1.165, 1.54) is 21.1 Å². The van der Waals surface area contributed by atoms with Gasteiger partial charge in [-0.15, -0.1) is 0 Å². The van der Waals surface area contributed by atoms with Crippen LogP contribution in [-0.4, -0.2) is 50.1 Å². The van der Waals surface area contributed by atoms with Gasteiger partial charge in [-0.3, -0.25) is 14.2 Å². The highest BCUT2D eigenvalue weighted by molar-refractivity contribution is 7.54. The summed E-state index contributed by atoms with van der Waals surface area (Å²) >= 11 is 0. The Morgan fingerprint density at radius 2 is 1.72 bits per heavy atom. The molecule has 1 heterocycles. The van der Waals surface area contributed by atoms with Gasteiger partial charge in [-0.2, -0.15) is 0 Å². The number of hydrogen-bond donors (Lipinski definition) is 0. The van der Waals surface area contributed by atoms with Crippen molar-refractivity contribution in [3.8, 4) is 0 Å². The van der Waals surface area contributed by atoms with Gasteiger partial charge in [-0.1, -0.05) is 0 Å². The lowest BCUT2D eigenvalue weighted by Crippen LogP contribution is -2.39. The third-order valence-corrected chi connectivity index (χ3v) is 5.11. The minimum absolute atomic E-state index is 0.0281. The van der Waals surface area contributed by atoms with Crippen molar-refractivity contribution in [2.45, 2.75) is 19.8 Å². The Hall–Kier alpha value is -0.710. The summed E-state index contributed by atoms with van der Waals surface area (Å²) in [6.45, 7) is 2.68. The fourth-order valence-electron chi connectivity index (χ4n) is 2.04. The first-order valence-electron chi connectivity index (χ1n) is 5.90. The molecule has 1 aliphatic heterocycles. The fraction of sp³-hybridized carbons (Fsp3) is 0.818. The molecule has 7 heteroatoms. The minimum atomic E-state index is -3.27. The van der Waals surface area contributed by atoms with Crippen LogP contribution < -0.4 is 0 Å². The molecule has 0 atom stereocenters. The Bertz CT molecular complexity index is 354. The Balaban J connectivity index is 2.50. The van der Waals surface area contributed by atoms with E-state index >= 15 is 0 Å². The molecular formula is C11H20NO5P. The second kappa shape index (κ2) is 6.45. The van der Waals surface area contributed by atoms with E-state index in [2.05, 4.69) is 0 Å². The quantitative estimate of drug-likeness (QED) is 0.708. The molecule has 0 aliphatic carbocycles. The molecule has 18 heavy (non-hydrogen) atoms. The zero-order valence-electron chi connectivity index (χ0n) is 11.0. The topological polar surface area (TPSA) is 72.9 Å². The molecule has 104 valence electrons. The number of likely N-dealkylation sites (tertiary alicyclic amines) is 1. The van der Waals surface area contributed by atoms with Gasteiger partial charge in [0.15, 0.2) is 0 Å². The average Bonchev–Trinajstić information content (AvgIpc) is 2.38. The summed E-state index contributed by atoms with van der Waals surface area (Å²) in [6, 6.07) is 0. The molecule has 1 fully saturated rings. The van der Waals surface area contributed by atoms with Crippen molar-refractivity contribution >= 4 is 19.3 Å². The number of amides is 1. The molecule has 0 saturated carbocycles. The number of rotatable bonds is 5. The average molecular weight is 277 g/mol. The number of nitrogens with zero attached hydrogens (tertiary/aromatic N) is 1. The molecule has 0 unspecified atom stereocenters. The molecule has 6 nitrogen and oxygen atoms in total. The standard InChI is InChI=1S/C11H20NO5P/c1-9(13)12-6-4-10(5-7-12)11(14)8-18(15,16-2)17-3/h10H,4-8H2,1-3H3. The largest absolute Gasteiger partial charge is 0.343 e. The highest BCUT2D eigenvalue weighted by Gasteiger charge is 2.32. The van der Waals surface area contributed by atoms with E-state index in [4.69, 9.17) is 9.05 Å². The van der Waals surface area contributed by atoms with Crippen LogP contribution in [0.4, 0.5) is 0 Å². The van der Waals surface area contributed by atoms with E-state index in [0.29, 0.717) is 25.9 Å². The molecule has 0 radical (unpaired) electrons. The number of carbonyl (C=O) groups is 2. The van der Waals surface area contributed by atoms with Crippen LogP contribution in [0, 0.1) is 5.92 Å². The van der Waals surface area contributed by atoms with E-state index in [1.54, 1.807) is 4.90 Å². The molecule has 1 rings (SSSR count).